The molecule has 3 N–H and O–H groups in total. The molecule has 1 aliphatic heterocycles. The zero-order valence-corrected chi connectivity index (χ0v) is 19.2. The van der Waals surface area contributed by atoms with Crippen molar-refractivity contribution in [1.29, 1.82) is 0 Å². The minimum atomic E-state index is -0.266. The van der Waals surface area contributed by atoms with E-state index in [4.69, 9.17) is 10.5 Å². The van der Waals surface area contributed by atoms with E-state index in [9.17, 15) is 0 Å². The Labute approximate surface area is 192 Å². The van der Waals surface area contributed by atoms with Crippen molar-refractivity contribution in [2.45, 2.75) is 38.1 Å². The van der Waals surface area contributed by atoms with Crippen LogP contribution in [0.15, 0.2) is 54.6 Å². The van der Waals surface area contributed by atoms with Crippen LogP contribution in [0, 0.1) is 18.8 Å². The molecule has 1 aromatic carbocycles. The van der Waals surface area contributed by atoms with E-state index in [1.807, 2.05) is 31.2 Å². The van der Waals surface area contributed by atoms with Gasteiger partial charge in [0.15, 0.2) is 0 Å². The van der Waals surface area contributed by atoms with E-state index in [0.29, 0.717) is 18.4 Å². The van der Waals surface area contributed by atoms with Crippen molar-refractivity contribution >= 4 is 35.7 Å². The molecule has 2 unspecified atom stereocenters. The van der Waals surface area contributed by atoms with Crippen LogP contribution in [-0.4, -0.2) is 30.2 Å². The summed E-state index contributed by atoms with van der Waals surface area (Å²) in [5.41, 5.74) is 8.65. The zero-order valence-electron chi connectivity index (χ0n) is 17.5. The van der Waals surface area contributed by atoms with Crippen molar-refractivity contribution in [3.8, 4) is 5.75 Å². The number of rotatable bonds is 6. The maximum atomic E-state index is 6.90. The van der Waals surface area contributed by atoms with Gasteiger partial charge < -0.3 is 15.8 Å². The maximum Gasteiger partial charge on any atom is 0.128 e. The highest BCUT2D eigenvalue weighted by molar-refractivity contribution is 5.86. The lowest BCUT2D eigenvalue weighted by atomic mass is 9.69. The van der Waals surface area contributed by atoms with Crippen LogP contribution in [0.4, 0.5) is 0 Å². The molecule has 1 fully saturated rings. The Kier molecular flexibility index (Phi) is 9.17. The number of pyridine rings is 1. The minimum absolute atomic E-state index is 0. The molecule has 2 heterocycles. The van der Waals surface area contributed by atoms with Crippen LogP contribution in [0.5, 0.6) is 5.75 Å². The lowest BCUT2D eigenvalue weighted by Gasteiger charge is -2.42. The Morgan fingerprint density at radius 3 is 2.70 bits per heavy atom. The summed E-state index contributed by atoms with van der Waals surface area (Å²) in [5.74, 6) is 1.98. The van der Waals surface area contributed by atoms with Crippen LogP contribution >= 0.6 is 24.8 Å². The molecule has 0 saturated carbocycles. The third-order valence-corrected chi connectivity index (χ3v) is 6.29. The molecule has 0 bridgehead atoms. The van der Waals surface area contributed by atoms with Gasteiger partial charge in [-0.05, 0) is 81.8 Å². The van der Waals surface area contributed by atoms with Gasteiger partial charge in [0.1, 0.15) is 5.75 Å². The fourth-order valence-electron chi connectivity index (χ4n) is 4.77. The Balaban J connectivity index is 0.00000160. The summed E-state index contributed by atoms with van der Waals surface area (Å²) in [5, 5.41) is 4.56. The molecule has 4 nitrogen and oxygen atoms in total. The van der Waals surface area contributed by atoms with Gasteiger partial charge in [-0.3, -0.25) is 4.98 Å². The summed E-state index contributed by atoms with van der Waals surface area (Å²) in [7, 11) is 0. The number of halogens is 2. The zero-order chi connectivity index (χ0) is 19.4. The molecule has 0 amide bonds. The first-order valence-electron chi connectivity index (χ1n) is 10.5. The summed E-state index contributed by atoms with van der Waals surface area (Å²) in [6, 6.07) is 10.3. The highest BCUT2D eigenvalue weighted by Gasteiger charge is 2.38. The van der Waals surface area contributed by atoms with E-state index >= 15 is 0 Å². The monoisotopic (exact) mass is 449 g/mol. The van der Waals surface area contributed by atoms with Crippen molar-refractivity contribution in [3.05, 3.63) is 60.3 Å². The van der Waals surface area contributed by atoms with Crippen LogP contribution in [0.2, 0.25) is 0 Å². The number of benzene rings is 1. The quantitative estimate of drug-likeness (QED) is 0.652. The number of aromatic nitrogens is 1. The number of nitrogens with zero attached hydrogens (tertiary/aromatic N) is 1. The lowest BCUT2D eigenvalue weighted by Crippen LogP contribution is -2.51. The number of ether oxygens (including phenoxy) is 1. The number of hydrogen-bond acceptors (Lipinski definition) is 4. The molecule has 30 heavy (non-hydrogen) atoms. The Bertz CT molecular complexity index is 880. The Hall–Kier alpha value is -1.59. The molecular weight excluding hydrogens is 417 g/mol. The number of nitrogens with one attached hydrogen (secondary N) is 1. The second kappa shape index (κ2) is 11.1. The van der Waals surface area contributed by atoms with Crippen molar-refractivity contribution in [3.63, 3.8) is 0 Å². The molecule has 2 aliphatic rings. The summed E-state index contributed by atoms with van der Waals surface area (Å²) in [6.45, 7) is 4.87. The van der Waals surface area contributed by atoms with Crippen molar-refractivity contribution in [1.82, 2.24) is 10.3 Å². The first-order chi connectivity index (χ1) is 13.7. The topological polar surface area (TPSA) is 60.2 Å². The first-order valence-corrected chi connectivity index (χ1v) is 10.5. The van der Waals surface area contributed by atoms with Gasteiger partial charge in [0.2, 0.25) is 0 Å². The molecular formula is C24H33Cl2N3O. The SMILES string of the molecule is Cc1ccc2c(OCCC(C3CCNCC3)C3(N)C=CC=CC3)cccc2n1.Cl.Cl. The lowest BCUT2D eigenvalue weighted by molar-refractivity contribution is 0.147. The standard InChI is InChI=1S/C24H31N3O.2ClH/c1-18-8-9-20-22(27-18)6-5-7-23(20)28-17-12-21(19-10-15-26-16-11-19)24(25)13-3-2-4-14-24;;/h2-9,13,19,21,26H,10-12,14-17,25H2,1H3;2*1H. The van der Waals surface area contributed by atoms with E-state index < -0.39 is 0 Å². The molecule has 1 saturated heterocycles. The summed E-state index contributed by atoms with van der Waals surface area (Å²) < 4.78 is 6.26. The number of hydrogen-bond donors (Lipinski definition) is 2. The van der Waals surface area contributed by atoms with E-state index in [2.05, 4.69) is 40.7 Å². The largest absolute Gasteiger partial charge is 0.493 e. The average Bonchev–Trinajstić information content (AvgIpc) is 2.72. The second-order valence-electron chi connectivity index (χ2n) is 8.21. The van der Waals surface area contributed by atoms with E-state index in [0.717, 1.165) is 48.3 Å². The fourth-order valence-corrected chi connectivity index (χ4v) is 4.77. The number of allylic oxidation sites excluding steroid dienone is 2. The maximum absolute atomic E-state index is 6.90. The number of fused-ring (bicyclic) bond motifs is 1. The molecule has 164 valence electrons. The molecule has 2 aromatic rings. The van der Waals surface area contributed by atoms with E-state index in [1.54, 1.807) is 0 Å². The average molecular weight is 450 g/mol. The van der Waals surface area contributed by atoms with Crippen molar-refractivity contribution in [2.75, 3.05) is 19.7 Å². The fraction of sp³-hybridized carbons (Fsp3) is 0.458. The summed E-state index contributed by atoms with van der Waals surface area (Å²) in [4.78, 5) is 4.61. The molecule has 0 spiro atoms. The molecule has 1 aromatic heterocycles. The van der Waals surface area contributed by atoms with Crippen molar-refractivity contribution < 1.29 is 4.74 Å². The number of nitrogens with two attached hydrogens (primary N) is 1. The first kappa shape index (κ1) is 24.7. The van der Waals surface area contributed by atoms with Crippen LogP contribution in [-0.2, 0) is 0 Å². The van der Waals surface area contributed by atoms with Crippen LogP contribution in [0.3, 0.4) is 0 Å². The Morgan fingerprint density at radius 1 is 1.17 bits per heavy atom. The van der Waals surface area contributed by atoms with E-state index in [-0.39, 0.29) is 30.4 Å². The van der Waals surface area contributed by atoms with Crippen LogP contribution in [0.1, 0.15) is 31.4 Å². The number of aryl methyl sites for hydroxylation is 1. The molecule has 1 aliphatic carbocycles. The predicted molar refractivity (Wildman–Crippen MR) is 130 cm³/mol. The van der Waals surface area contributed by atoms with Gasteiger partial charge in [-0.2, -0.15) is 0 Å². The normalized spacial score (nSPS) is 22.2. The summed E-state index contributed by atoms with van der Waals surface area (Å²) >= 11 is 0. The third-order valence-electron chi connectivity index (χ3n) is 6.29. The molecule has 6 heteroatoms. The third kappa shape index (κ3) is 5.55. The van der Waals surface area contributed by atoms with Gasteiger partial charge in [0.05, 0.1) is 12.1 Å². The van der Waals surface area contributed by atoms with Gasteiger partial charge >= 0.3 is 0 Å². The second-order valence-corrected chi connectivity index (χ2v) is 8.21. The highest BCUT2D eigenvalue weighted by atomic mass is 35.5. The summed E-state index contributed by atoms with van der Waals surface area (Å²) in [6.07, 6.45) is 12.9. The van der Waals surface area contributed by atoms with Gasteiger partial charge in [0.25, 0.3) is 0 Å². The van der Waals surface area contributed by atoms with Gasteiger partial charge in [0, 0.05) is 16.6 Å². The molecule has 2 atom stereocenters. The predicted octanol–water partition coefficient (Wildman–Crippen LogP) is 4.99. The smallest absolute Gasteiger partial charge is 0.128 e. The van der Waals surface area contributed by atoms with Crippen molar-refractivity contribution in [2.24, 2.45) is 17.6 Å². The van der Waals surface area contributed by atoms with Gasteiger partial charge in [-0.25, -0.2) is 0 Å². The van der Waals surface area contributed by atoms with Gasteiger partial charge in [-0.15, -0.1) is 24.8 Å². The van der Waals surface area contributed by atoms with Crippen LogP contribution in [0.25, 0.3) is 10.9 Å². The van der Waals surface area contributed by atoms with Crippen LogP contribution < -0.4 is 15.8 Å². The molecule has 0 radical (unpaired) electrons. The molecule has 4 rings (SSSR count). The Morgan fingerprint density at radius 2 is 1.97 bits per heavy atom. The van der Waals surface area contributed by atoms with Gasteiger partial charge in [-0.1, -0.05) is 30.4 Å². The van der Waals surface area contributed by atoms with E-state index in [1.165, 1.54) is 12.8 Å². The minimum Gasteiger partial charge on any atom is -0.493 e. The number of piperidine rings is 1. The highest BCUT2D eigenvalue weighted by Crippen LogP contribution is 2.37.